The van der Waals surface area contributed by atoms with Crippen molar-refractivity contribution < 1.29 is 4.58 Å². The first-order valence-corrected chi connectivity index (χ1v) is 4.72. The van der Waals surface area contributed by atoms with Crippen LogP contribution in [0.5, 0.6) is 0 Å². The van der Waals surface area contributed by atoms with Crippen LogP contribution in [0.1, 0.15) is 15.3 Å². The monoisotopic (exact) mass is 166 g/mol. The van der Waals surface area contributed by atoms with Crippen LogP contribution < -0.4 is 0 Å². The molecule has 0 fully saturated rings. The van der Waals surface area contributed by atoms with Crippen molar-refractivity contribution in [3.63, 3.8) is 0 Å². The molecule has 0 radical (unpaired) electrons. The largest absolute Gasteiger partial charge is 0.237 e. The molecule has 0 bridgehead atoms. The predicted molar refractivity (Wildman–Crippen MR) is 49.0 cm³/mol. The second-order valence-electron chi connectivity index (χ2n) is 3.11. The smallest absolute Gasteiger partial charge is 0.180 e. The molecule has 0 unspecified atom stereocenters. The Hall–Kier alpha value is -0.630. The van der Waals surface area contributed by atoms with Crippen LogP contribution in [0.25, 0.3) is 0 Å². The van der Waals surface area contributed by atoms with Crippen LogP contribution in [-0.4, -0.2) is 24.4 Å². The minimum absolute atomic E-state index is 1.17. The summed E-state index contributed by atoms with van der Waals surface area (Å²) in [6.45, 7) is 3.35. The van der Waals surface area contributed by atoms with Gasteiger partial charge in [-0.05, 0) is 18.6 Å². The number of likely N-dealkylation sites (N-methyl/N-ethyl adjacent to an activating group) is 1. The summed E-state index contributed by atoms with van der Waals surface area (Å²) in [5, 5.41) is 0. The fourth-order valence-corrected chi connectivity index (χ4v) is 2.52. The van der Waals surface area contributed by atoms with E-state index in [1.165, 1.54) is 28.3 Å². The van der Waals surface area contributed by atoms with Gasteiger partial charge in [0.05, 0.1) is 4.88 Å². The molecule has 2 heterocycles. The molecule has 58 valence electrons. The lowest BCUT2D eigenvalue weighted by Crippen LogP contribution is -2.16. The van der Waals surface area contributed by atoms with Gasteiger partial charge in [0.2, 0.25) is 0 Å². The zero-order valence-electron chi connectivity index (χ0n) is 6.92. The molecule has 1 nitrogen and oxygen atoms in total. The van der Waals surface area contributed by atoms with E-state index >= 15 is 0 Å². The molecule has 1 aliphatic rings. The average molecular weight is 166 g/mol. The second kappa shape index (κ2) is 2.45. The first-order chi connectivity index (χ1) is 5.25. The Morgan fingerprint density at radius 2 is 2.36 bits per heavy atom. The van der Waals surface area contributed by atoms with Gasteiger partial charge in [0, 0.05) is 11.3 Å². The highest BCUT2D eigenvalue weighted by Gasteiger charge is 2.14. The quantitative estimate of drug-likeness (QED) is 0.516. The maximum atomic E-state index is 2.31. The van der Waals surface area contributed by atoms with E-state index in [2.05, 4.69) is 30.8 Å². The minimum Gasteiger partial charge on any atom is -0.237 e. The molecule has 2 rings (SSSR count). The van der Waals surface area contributed by atoms with E-state index in [1.54, 1.807) is 0 Å². The molecule has 0 spiro atoms. The van der Waals surface area contributed by atoms with E-state index < -0.39 is 0 Å². The van der Waals surface area contributed by atoms with Crippen LogP contribution in [0.2, 0.25) is 0 Å². The summed E-state index contributed by atoms with van der Waals surface area (Å²) in [6, 6.07) is 2.31. The third-order valence-electron chi connectivity index (χ3n) is 2.04. The maximum Gasteiger partial charge on any atom is 0.180 e. The topological polar surface area (TPSA) is 3.01 Å². The van der Waals surface area contributed by atoms with Gasteiger partial charge in [-0.3, -0.25) is 0 Å². The molecule has 0 atom stereocenters. The minimum atomic E-state index is 1.17. The Morgan fingerprint density at radius 1 is 1.55 bits per heavy atom. The first kappa shape index (κ1) is 7.04. The van der Waals surface area contributed by atoms with Gasteiger partial charge in [0.25, 0.3) is 0 Å². The van der Waals surface area contributed by atoms with Gasteiger partial charge in [-0.1, -0.05) is 0 Å². The van der Waals surface area contributed by atoms with E-state index in [0.717, 1.165) is 0 Å². The van der Waals surface area contributed by atoms with Crippen LogP contribution in [0.4, 0.5) is 0 Å². The Kier molecular flexibility index (Phi) is 1.57. The molecule has 0 aromatic carbocycles. The van der Waals surface area contributed by atoms with Gasteiger partial charge in [0.1, 0.15) is 13.6 Å². The fraction of sp³-hybridized carbons (Fsp3) is 0.444. The molecular formula is C9H12NS+. The molecule has 11 heavy (non-hydrogen) atoms. The number of aryl methyl sites for hydroxylation is 1. The van der Waals surface area contributed by atoms with E-state index in [4.69, 9.17) is 0 Å². The van der Waals surface area contributed by atoms with Crippen LogP contribution in [0, 0.1) is 6.92 Å². The van der Waals surface area contributed by atoms with Gasteiger partial charge >= 0.3 is 0 Å². The zero-order chi connectivity index (χ0) is 7.84. The Bertz CT molecular complexity index is 309. The molecule has 2 heteroatoms. The van der Waals surface area contributed by atoms with Crippen molar-refractivity contribution in [1.29, 1.82) is 0 Å². The van der Waals surface area contributed by atoms with Crippen molar-refractivity contribution in [3.8, 4) is 0 Å². The zero-order valence-corrected chi connectivity index (χ0v) is 7.74. The third-order valence-corrected chi connectivity index (χ3v) is 3.06. The molecule has 1 aromatic heterocycles. The van der Waals surface area contributed by atoms with Crippen LogP contribution in [0.3, 0.4) is 0 Å². The van der Waals surface area contributed by atoms with Crippen molar-refractivity contribution in [1.82, 2.24) is 0 Å². The van der Waals surface area contributed by atoms with Crippen LogP contribution in [0.15, 0.2) is 6.07 Å². The highest BCUT2D eigenvalue weighted by Crippen LogP contribution is 2.22. The number of thiophene rings is 1. The second-order valence-corrected chi connectivity index (χ2v) is 4.39. The SMILES string of the molecule is Cc1cc2c(s1)C=[N+](C)CC2. The van der Waals surface area contributed by atoms with E-state index in [1.807, 2.05) is 11.3 Å². The Morgan fingerprint density at radius 3 is 3.18 bits per heavy atom. The molecule has 0 aliphatic carbocycles. The number of hydrogen-bond acceptors (Lipinski definition) is 1. The van der Waals surface area contributed by atoms with E-state index in [9.17, 15) is 0 Å². The van der Waals surface area contributed by atoms with Crippen molar-refractivity contribution in [2.75, 3.05) is 13.6 Å². The summed E-state index contributed by atoms with van der Waals surface area (Å²) in [5.74, 6) is 0. The Balaban J connectivity index is 2.50. The van der Waals surface area contributed by atoms with Crippen LogP contribution in [-0.2, 0) is 6.42 Å². The summed E-state index contributed by atoms with van der Waals surface area (Å²) in [6.07, 6.45) is 3.46. The lowest BCUT2D eigenvalue weighted by Gasteiger charge is -2.03. The normalized spacial score (nSPS) is 16.0. The molecule has 0 saturated heterocycles. The summed E-state index contributed by atoms with van der Waals surface area (Å²) in [4.78, 5) is 2.89. The Labute approximate surface area is 71.0 Å². The number of hydrogen-bond donors (Lipinski definition) is 0. The van der Waals surface area contributed by atoms with Crippen molar-refractivity contribution in [3.05, 3.63) is 21.4 Å². The van der Waals surface area contributed by atoms with Gasteiger partial charge in [-0.15, -0.1) is 11.3 Å². The summed E-state index contributed by atoms with van der Waals surface area (Å²) in [7, 11) is 2.14. The highest BCUT2D eigenvalue weighted by molar-refractivity contribution is 7.13. The van der Waals surface area contributed by atoms with Crippen LogP contribution >= 0.6 is 11.3 Å². The predicted octanol–water partition coefficient (Wildman–Crippen LogP) is 1.67. The molecule has 1 aliphatic heterocycles. The first-order valence-electron chi connectivity index (χ1n) is 3.90. The summed E-state index contributed by atoms with van der Waals surface area (Å²) >= 11 is 1.90. The fourth-order valence-electron chi connectivity index (χ4n) is 1.45. The number of nitrogens with zero attached hydrogens (tertiary/aromatic N) is 1. The van der Waals surface area contributed by atoms with Crippen molar-refractivity contribution >= 4 is 17.6 Å². The standard InChI is InChI=1S/C9H12NS/c1-7-5-8-3-4-10(2)6-9(8)11-7/h5-6H,3-4H2,1-2H3/q+1. The van der Waals surface area contributed by atoms with E-state index in [-0.39, 0.29) is 0 Å². The molecule has 0 N–H and O–H groups in total. The molecular weight excluding hydrogens is 154 g/mol. The van der Waals surface area contributed by atoms with E-state index in [0.29, 0.717) is 0 Å². The third kappa shape index (κ3) is 1.23. The maximum absolute atomic E-state index is 2.31. The molecule has 1 aromatic rings. The van der Waals surface area contributed by atoms with Gasteiger partial charge in [-0.2, -0.15) is 0 Å². The summed E-state index contributed by atoms with van der Waals surface area (Å²) in [5.41, 5.74) is 1.53. The van der Waals surface area contributed by atoms with Crippen molar-refractivity contribution in [2.24, 2.45) is 0 Å². The van der Waals surface area contributed by atoms with Gasteiger partial charge < -0.3 is 0 Å². The van der Waals surface area contributed by atoms with Gasteiger partial charge in [-0.25, -0.2) is 4.58 Å². The highest BCUT2D eigenvalue weighted by atomic mass is 32.1. The van der Waals surface area contributed by atoms with Gasteiger partial charge in [0.15, 0.2) is 6.21 Å². The lowest BCUT2D eigenvalue weighted by molar-refractivity contribution is -0.492. The lowest BCUT2D eigenvalue weighted by atomic mass is 10.1. The number of rotatable bonds is 0. The van der Waals surface area contributed by atoms with Crippen molar-refractivity contribution in [2.45, 2.75) is 13.3 Å². The average Bonchev–Trinajstić information content (AvgIpc) is 2.27. The molecule has 0 amide bonds. The molecule has 0 saturated carbocycles. The number of fused-ring (bicyclic) bond motifs is 1. The summed E-state index contributed by atoms with van der Waals surface area (Å²) < 4.78 is 2.26.